The van der Waals surface area contributed by atoms with Gasteiger partial charge in [0.05, 0.1) is 11.3 Å². The molecule has 1 aromatic rings. The summed E-state index contributed by atoms with van der Waals surface area (Å²) in [7, 11) is 2.14. The predicted molar refractivity (Wildman–Crippen MR) is 70.3 cm³/mol. The van der Waals surface area contributed by atoms with E-state index in [-0.39, 0.29) is 0 Å². The van der Waals surface area contributed by atoms with E-state index in [9.17, 15) is 0 Å². The van der Waals surface area contributed by atoms with Gasteiger partial charge in [0.1, 0.15) is 6.07 Å². The minimum atomic E-state index is 0.604. The minimum Gasteiger partial charge on any atom is -0.384 e. The summed E-state index contributed by atoms with van der Waals surface area (Å²) in [6.07, 6.45) is 1.22. The molecular formula is C13H16ClN3. The summed E-state index contributed by atoms with van der Waals surface area (Å²) < 4.78 is 0. The predicted octanol–water partition coefficient (Wildman–Crippen LogP) is 2.58. The Labute approximate surface area is 107 Å². The first-order chi connectivity index (χ1) is 8.19. The van der Waals surface area contributed by atoms with Crippen LogP contribution in [0.15, 0.2) is 18.2 Å². The molecule has 0 bridgehead atoms. The first-order valence-corrected chi connectivity index (χ1v) is 6.19. The lowest BCUT2D eigenvalue weighted by molar-refractivity contribution is 0.399. The maximum Gasteiger partial charge on any atom is 0.101 e. The molecule has 1 saturated heterocycles. The van der Waals surface area contributed by atoms with Gasteiger partial charge in [-0.15, -0.1) is 0 Å². The number of likely N-dealkylation sites (tertiary alicyclic amines) is 1. The fourth-order valence-corrected chi connectivity index (χ4v) is 2.38. The number of nitrogens with one attached hydrogen (secondary N) is 1. The van der Waals surface area contributed by atoms with Crippen LogP contribution in [-0.2, 0) is 0 Å². The molecule has 1 unspecified atom stereocenters. The smallest absolute Gasteiger partial charge is 0.101 e. The van der Waals surface area contributed by atoms with Crippen LogP contribution in [0.3, 0.4) is 0 Å². The highest BCUT2D eigenvalue weighted by molar-refractivity contribution is 6.30. The van der Waals surface area contributed by atoms with Crippen molar-refractivity contribution in [3.63, 3.8) is 0 Å². The first-order valence-electron chi connectivity index (χ1n) is 5.81. The van der Waals surface area contributed by atoms with Crippen LogP contribution < -0.4 is 5.32 Å². The highest BCUT2D eigenvalue weighted by Crippen LogP contribution is 2.21. The molecule has 0 aromatic heterocycles. The van der Waals surface area contributed by atoms with Crippen molar-refractivity contribution in [3.8, 4) is 6.07 Å². The van der Waals surface area contributed by atoms with Crippen molar-refractivity contribution in [2.45, 2.75) is 6.42 Å². The van der Waals surface area contributed by atoms with Gasteiger partial charge in [-0.05, 0) is 44.1 Å². The Morgan fingerprint density at radius 2 is 2.41 bits per heavy atom. The fourth-order valence-electron chi connectivity index (χ4n) is 2.21. The Morgan fingerprint density at radius 1 is 1.59 bits per heavy atom. The number of rotatable bonds is 3. The number of hydrogen-bond donors (Lipinski definition) is 1. The maximum absolute atomic E-state index is 9.02. The largest absolute Gasteiger partial charge is 0.384 e. The van der Waals surface area contributed by atoms with Gasteiger partial charge in [0, 0.05) is 18.1 Å². The highest BCUT2D eigenvalue weighted by atomic mass is 35.5. The van der Waals surface area contributed by atoms with E-state index in [2.05, 4.69) is 23.3 Å². The quantitative estimate of drug-likeness (QED) is 0.895. The third-order valence-electron chi connectivity index (χ3n) is 3.17. The van der Waals surface area contributed by atoms with Gasteiger partial charge in [-0.2, -0.15) is 5.26 Å². The van der Waals surface area contributed by atoms with Crippen molar-refractivity contribution in [3.05, 3.63) is 28.8 Å². The molecule has 0 saturated carbocycles. The SMILES string of the molecule is CN1CCC(CNc2ccc(Cl)cc2C#N)C1. The van der Waals surface area contributed by atoms with E-state index in [1.807, 2.05) is 12.1 Å². The summed E-state index contributed by atoms with van der Waals surface area (Å²) in [4.78, 5) is 2.33. The molecule has 0 amide bonds. The van der Waals surface area contributed by atoms with Crippen LogP contribution in [0.1, 0.15) is 12.0 Å². The minimum absolute atomic E-state index is 0.604. The van der Waals surface area contributed by atoms with Crippen LogP contribution in [0, 0.1) is 17.2 Å². The van der Waals surface area contributed by atoms with Crippen LogP contribution in [-0.4, -0.2) is 31.6 Å². The topological polar surface area (TPSA) is 39.1 Å². The molecule has 90 valence electrons. The van der Waals surface area contributed by atoms with Gasteiger partial charge in [-0.25, -0.2) is 0 Å². The van der Waals surface area contributed by atoms with Crippen LogP contribution in [0.2, 0.25) is 5.02 Å². The molecule has 1 aliphatic rings. The number of benzene rings is 1. The molecule has 4 heteroatoms. The number of hydrogen-bond acceptors (Lipinski definition) is 3. The highest BCUT2D eigenvalue weighted by Gasteiger charge is 2.19. The molecule has 1 heterocycles. The number of anilines is 1. The van der Waals surface area contributed by atoms with Crippen LogP contribution >= 0.6 is 11.6 Å². The van der Waals surface area contributed by atoms with E-state index >= 15 is 0 Å². The van der Waals surface area contributed by atoms with Crippen molar-refractivity contribution in [1.29, 1.82) is 5.26 Å². The number of nitrogens with zero attached hydrogens (tertiary/aromatic N) is 2. The average molecular weight is 250 g/mol. The van der Waals surface area contributed by atoms with Gasteiger partial charge < -0.3 is 10.2 Å². The van der Waals surface area contributed by atoms with Crippen molar-refractivity contribution in [2.24, 2.45) is 5.92 Å². The van der Waals surface area contributed by atoms with Gasteiger partial charge in [-0.1, -0.05) is 11.6 Å². The third kappa shape index (κ3) is 3.12. The van der Waals surface area contributed by atoms with Crippen molar-refractivity contribution in [2.75, 3.05) is 32.0 Å². The molecule has 1 aliphatic heterocycles. The summed E-state index contributed by atoms with van der Waals surface area (Å²) in [5.41, 5.74) is 1.50. The van der Waals surface area contributed by atoms with Crippen molar-refractivity contribution >= 4 is 17.3 Å². The van der Waals surface area contributed by atoms with Gasteiger partial charge in [0.25, 0.3) is 0 Å². The molecule has 1 fully saturated rings. The second-order valence-corrected chi connectivity index (χ2v) is 5.04. The molecule has 0 spiro atoms. The summed E-state index contributed by atoms with van der Waals surface area (Å²) in [6, 6.07) is 7.55. The zero-order valence-corrected chi connectivity index (χ0v) is 10.7. The summed E-state index contributed by atoms with van der Waals surface area (Å²) >= 11 is 5.86. The van der Waals surface area contributed by atoms with Gasteiger partial charge in [-0.3, -0.25) is 0 Å². The lowest BCUT2D eigenvalue weighted by atomic mass is 10.1. The Kier molecular flexibility index (Phi) is 3.88. The van der Waals surface area contributed by atoms with Crippen LogP contribution in [0.4, 0.5) is 5.69 Å². The Hall–Kier alpha value is -1.24. The van der Waals surface area contributed by atoms with E-state index < -0.39 is 0 Å². The molecule has 0 radical (unpaired) electrons. The Balaban J connectivity index is 1.97. The zero-order chi connectivity index (χ0) is 12.3. The average Bonchev–Trinajstić information content (AvgIpc) is 2.73. The monoisotopic (exact) mass is 249 g/mol. The molecule has 17 heavy (non-hydrogen) atoms. The standard InChI is InChI=1S/C13H16ClN3/c1-17-5-4-10(9-17)8-16-13-3-2-12(14)6-11(13)7-15/h2-3,6,10,16H,4-5,8-9H2,1H3. The maximum atomic E-state index is 9.02. The van der Waals surface area contributed by atoms with Gasteiger partial charge >= 0.3 is 0 Å². The molecule has 1 N–H and O–H groups in total. The molecule has 1 atom stereocenters. The van der Waals surface area contributed by atoms with E-state index in [1.54, 1.807) is 6.07 Å². The fraction of sp³-hybridized carbons (Fsp3) is 0.462. The summed E-state index contributed by atoms with van der Waals surface area (Å²) in [5.74, 6) is 0.669. The second kappa shape index (κ2) is 5.39. The molecule has 0 aliphatic carbocycles. The van der Waals surface area contributed by atoms with Gasteiger partial charge in [0.15, 0.2) is 0 Å². The second-order valence-electron chi connectivity index (χ2n) is 4.60. The molecule has 2 rings (SSSR count). The van der Waals surface area contributed by atoms with Crippen LogP contribution in [0.25, 0.3) is 0 Å². The Morgan fingerprint density at radius 3 is 3.06 bits per heavy atom. The normalized spacial score (nSPS) is 20.2. The zero-order valence-electron chi connectivity index (χ0n) is 9.91. The Bertz CT molecular complexity index is 439. The van der Waals surface area contributed by atoms with Crippen molar-refractivity contribution < 1.29 is 0 Å². The third-order valence-corrected chi connectivity index (χ3v) is 3.41. The van der Waals surface area contributed by atoms with Crippen LogP contribution in [0.5, 0.6) is 0 Å². The summed E-state index contributed by atoms with van der Waals surface area (Å²) in [6.45, 7) is 3.21. The van der Waals surface area contributed by atoms with E-state index in [0.717, 1.165) is 25.3 Å². The lowest BCUT2D eigenvalue weighted by Crippen LogP contribution is -2.19. The number of halogens is 1. The van der Waals surface area contributed by atoms with Crippen molar-refractivity contribution in [1.82, 2.24) is 4.90 Å². The molecule has 3 nitrogen and oxygen atoms in total. The number of nitriles is 1. The summed E-state index contributed by atoms with van der Waals surface area (Å²) in [5, 5.41) is 13.0. The molecular weight excluding hydrogens is 234 g/mol. The van der Waals surface area contributed by atoms with E-state index in [1.165, 1.54) is 6.42 Å². The molecule has 1 aromatic carbocycles. The van der Waals surface area contributed by atoms with E-state index in [0.29, 0.717) is 16.5 Å². The lowest BCUT2D eigenvalue weighted by Gasteiger charge is -2.13. The first kappa shape index (κ1) is 12.2. The van der Waals surface area contributed by atoms with E-state index in [4.69, 9.17) is 16.9 Å². The van der Waals surface area contributed by atoms with Gasteiger partial charge in [0.2, 0.25) is 0 Å².